The smallest absolute Gasteiger partial charge is 0.0413 e. The van der Waals surface area contributed by atoms with Crippen molar-refractivity contribution in [2.75, 3.05) is 0 Å². The van der Waals surface area contributed by atoms with Crippen LogP contribution in [0.4, 0.5) is 0 Å². The molecular weight excluding hydrogens is 240 g/mol. The highest BCUT2D eigenvalue weighted by atomic mass is 79.9. The van der Waals surface area contributed by atoms with Gasteiger partial charge in [-0.15, -0.1) is 0 Å². The largest absolute Gasteiger partial charge is 0.327 e. The van der Waals surface area contributed by atoms with E-state index in [1.165, 1.54) is 12.8 Å². The topological polar surface area (TPSA) is 38.9 Å². The van der Waals surface area contributed by atoms with Crippen molar-refractivity contribution in [1.82, 2.24) is 4.98 Å². The minimum absolute atomic E-state index is 0.285. The zero-order chi connectivity index (χ0) is 10.2. The Morgan fingerprint density at radius 2 is 2.29 bits per heavy atom. The van der Waals surface area contributed by atoms with Gasteiger partial charge < -0.3 is 5.73 Å². The molecule has 3 heteroatoms. The lowest BCUT2D eigenvalue weighted by molar-refractivity contribution is 0.414. The molecule has 2 rings (SSSR count). The first-order valence-electron chi connectivity index (χ1n) is 4.98. The van der Waals surface area contributed by atoms with Crippen LogP contribution in [0.1, 0.15) is 25.5 Å². The molecule has 1 heterocycles. The van der Waals surface area contributed by atoms with E-state index in [2.05, 4.69) is 33.9 Å². The Hall–Kier alpha value is -0.410. The highest BCUT2D eigenvalue weighted by Gasteiger charge is 2.45. The third kappa shape index (κ3) is 1.98. The monoisotopic (exact) mass is 254 g/mol. The highest BCUT2D eigenvalue weighted by molar-refractivity contribution is 9.10. The van der Waals surface area contributed by atoms with Gasteiger partial charge >= 0.3 is 0 Å². The molecule has 1 fully saturated rings. The molecule has 1 aromatic heterocycles. The van der Waals surface area contributed by atoms with Gasteiger partial charge in [-0.1, -0.05) is 0 Å². The fourth-order valence-corrected chi connectivity index (χ4v) is 2.06. The molecule has 76 valence electrons. The Labute approximate surface area is 93.0 Å². The van der Waals surface area contributed by atoms with Crippen LogP contribution < -0.4 is 5.73 Å². The van der Waals surface area contributed by atoms with Gasteiger partial charge in [-0.05, 0) is 59.7 Å². The minimum atomic E-state index is 0.285. The maximum Gasteiger partial charge on any atom is 0.0413 e. The number of pyridine rings is 1. The van der Waals surface area contributed by atoms with Crippen LogP contribution in [-0.2, 0) is 6.42 Å². The lowest BCUT2D eigenvalue weighted by Gasteiger charge is -2.18. The molecule has 1 saturated carbocycles. The van der Waals surface area contributed by atoms with E-state index in [-0.39, 0.29) is 6.04 Å². The Morgan fingerprint density at radius 3 is 2.71 bits per heavy atom. The van der Waals surface area contributed by atoms with E-state index in [0.717, 1.165) is 16.6 Å². The molecule has 1 unspecified atom stereocenters. The highest BCUT2D eigenvalue weighted by Crippen LogP contribution is 2.50. The first-order valence-corrected chi connectivity index (χ1v) is 5.78. The number of nitrogens with zero attached hydrogens (tertiary/aromatic N) is 1. The fraction of sp³-hybridized carbons (Fsp3) is 0.545. The van der Waals surface area contributed by atoms with E-state index in [0.29, 0.717) is 5.41 Å². The summed E-state index contributed by atoms with van der Waals surface area (Å²) in [5, 5.41) is 0. The van der Waals surface area contributed by atoms with Crippen LogP contribution in [0, 0.1) is 5.41 Å². The molecule has 2 nitrogen and oxygen atoms in total. The second kappa shape index (κ2) is 3.63. The van der Waals surface area contributed by atoms with Crippen LogP contribution in [0.5, 0.6) is 0 Å². The number of aromatic nitrogens is 1. The second-order valence-electron chi connectivity index (χ2n) is 4.30. The molecule has 2 N–H and O–H groups in total. The average Bonchev–Trinajstić information content (AvgIpc) is 2.90. The van der Waals surface area contributed by atoms with Crippen LogP contribution in [0.15, 0.2) is 22.8 Å². The summed E-state index contributed by atoms with van der Waals surface area (Å²) in [5.41, 5.74) is 7.48. The van der Waals surface area contributed by atoms with Gasteiger partial charge in [0.2, 0.25) is 0 Å². The van der Waals surface area contributed by atoms with E-state index < -0.39 is 0 Å². The van der Waals surface area contributed by atoms with Crippen molar-refractivity contribution in [1.29, 1.82) is 0 Å². The Balaban J connectivity index is 2.08. The summed E-state index contributed by atoms with van der Waals surface area (Å²) >= 11 is 3.38. The summed E-state index contributed by atoms with van der Waals surface area (Å²) < 4.78 is 1.03. The lowest BCUT2D eigenvalue weighted by atomic mass is 9.93. The molecular formula is C11H15BrN2. The predicted molar refractivity (Wildman–Crippen MR) is 61.0 cm³/mol. The SMILES string of the molecule is CC(N)C1(Cc2ccc(Br)cn2)CC1. The molecule has 1 aliphatic carbocycles. The quantitative estimate of drug-likeness (QED) is 0.901. The molecule has 0 aliphatic heterocycles. The fourth-order valence-electron chi connectivity index (χ4n) is 1.83. The van der Waals surface area contributed by atoms with Gasteiger partial charge in [-0.25, -0.2) is 0 Å². The van der Waals surface area contributed by atoms with Crippen molar-refractivity contribution in [2.24, 2.45) is 11.1 Å². The van der Waals surface area contributed by atoms with Gasteiger partial charge in [0.05, 0.1) is 0 Å². The Bertz CT molecular complexity index is 315. The van der Waals surface area contributed by atoms with Crippen molar-refractivity contribution >= 4 is 15.9 Å². The molecule has 1 aromatic rings. The molecule has 1 atom stereocenters. The van der Waals surface area contributed by atoms with Crippen LogP contribution in [0.2, 0.25) is 0 Å². The molecule has 0 bridgehead atoms. The van der Waals surface area contributed by atoms with Gasteiger partial charge in [-0.3, -0.25) is 4.98 Å². The molecule has 0 spiro atoms. The summed E-state index contributed by atoms with van der Waals surface area (Å²) in [6.45, 7) is 2.10. The van der Waals surface area contributed by atoms with Gasteiger partial charge in [0.1, 0.15) is 0 Å². The van der Waals surface area contributed by atoms with Crippen molar-refractivity contribution in [3.05, 3.63) is 28.5 Å². The normalized spacial score (nSPS) is 20.5. The predicted octanol–water partition coefficient (Wildman–Crippen LogP) is 2.51. The van der Waals surface area contributed by atoms with Gasteiger partial charge in [0.25, 0.3) is 0 Å². The summed E-state index contributed by atoms with van der Waals surface area (Å²) in [6, 6.07) is 4.40. The number of hydrogen-bond donors (Lipinski definition) is 1. The molecule has 14 heavy (non-hydrogen) atoms. The molecule has 1 aliphatic rings. The number of halogens is 1. The van der Waals surface area contributed by atoms with Gasteiger partial charge in [0, 0.05) is 22.4 Å². The molecule has 0 aromatic carbocycles. The zero-order valence-corrected chi connectivity index (χ0v) is 9.92. The number of nitrogens with two attached hydrogens (primary N) is 1. The zero-order valence-electron chi connectivity index (χ0n) is 8.33. The van der Waals surface area contributed by atoms with Crippen LogP contribution in [0.25, 0.3) is 0 Å². The van der Waals surface area contributed by atoms with Gasteiger partial charge in [0.15, 0.2) is 0 Å². The van der Waals surface area contributed by atoms with Crippen LogP contribution in [0.3, 0.4) is 0 Å². The lowest BCUT2D eigenvalue weighted by Crippen LogP contribution is -2.30. The van der Waals surface area contributed by atoms with Crippen molar-refractivity contribution in [3.63, 3.8) is 0 Å². The third-order valence-electron chi connectivity index (χ3n) is 3.18. The minimum Gasteiger partial charge on any atom is -0.327 e. The first-order chi connectivity index (χ1) is 6.62. The van der Waals surface area contributed by atoms with Gasteiger partial charge in [-0.2, -0.15) is 0 Å². The van der Waals surface area contributed by atoms with Crippen molar-refractivity contribution in [2.45, 2.75) is 32.2 Å². The van der Waals surface area contributed by atoms with Crippen molar-refractivity contribution < 1.29 is 0 Å². The Morgan fingerprint density at radius 1 is 1.57 bits per heavy atom. The number of rotatable bonds is 3. The molecule has 0 amide bonds. The molecule has 0 radical (unpaired) electrons. The van der Waals surface area contributed by atoms with Crippen molar-refractivity contribution in [3.8, 4) is 0 Å². The van der Waals surface area contributed by atoms with E-state index in [4.69, 9.17) is 5.73 Å². The van der Waals surface area contributed by atoms with E-state index >= 15 is 0 Å². The maximum atomic E-state index is 5.97. The summed E-state index contributed by atoms with van der Waals surface area (Å²) in [5.74, 6) is 0. The maximum absolute atomic E-state index is 5.97. The summed E-state index contributed by atoms with van der Waals surface area (Å²) in [4.78, 5) is 4.38. The van der Waals surface area contributed by atoms with Crippen LogP contribution in [-0.4, -0.2) is 11.0 Å². The second-order valence-corrected chi connectivity index (χ2v) is 5.21. The van der Waals surface area contributed by atoms with E-state index in [1.54, 1.807) is 0 Å². The molecule has 0 saturated heterocycles. The summed E-state index contributed by atoms with van der Waals surface area (Å²) in [7, 11) is 0. The summed E-state index contributed by atoms with van der Waals surface area (Å²) in [6.07, 6.45) is 5.38. The standard InChI is InChI=1S/C11H15BrN2/c1-8(13)11(4-5-11)6-10-3-2-9(12)7-14-10/h2-3,7-8H,4-6,13H2,1H3. The Kier molecular flexibility index (Phi) is 2.62. The first kappa shape index (κ1) is 10.1. The van der Waals surface area contributed by atoms with E-state index in [9.17, 15) is 0 Å². The van der Waals surface area contributed by atoms with E-state index in [1.807, 2.05) is 12.3 Å². The number of hydrogen-bond acceptors (Lipinski definition) is 2. The average molecular weight is 255 g/mol. The van der Waals surface area contributed by atoms with Crippen LogP contribution >= 0.6 is 15.9 Å². The third-order valence-corrected chi connectivity index (χ3v) is 3.65.